The molecule has 6 heteroatoms. The van der Waals surface area contributed by atoms with Crippen LogP contribution in [-0.2, 0) is 15.1 Å². The van der Waals surface area contributed by atoms with Crippen LogP contribution in [0.4, 0.5) is 4.79 Å². The second-order valence-electron chi connectivity index (χ2n) is 7.03. The van der Waals surface area contributed by atoms with Crippen molar-refractivity contribution >= 4 is 22.7 Å². The fourth-order valence-electron chi connectivity index (χ4n) is 3.71. The molecule has 3 amide bonds. The Balaban J connectivity index is 1.64. The lowest BCUT2D eigenvalue weighted by Crippen LogP contribution is -2.42. The topological polar surface area (TPSA) is 67.9 Å². The fraction of sp³-hybridized carbons (Fsp3) is 0.400. The van der Waals surface area contributed by atoms with Crippen LogP contribution >= 0.6 is 0 Å². The number of urea groups is 1. The monoisotopic (exact) mass is 354 g/mol. The number of hydrogen-bond donors (Lipinski definition) is 1. The van der Waals surface area contributed by atoms with Crippen molar-refractivity contribution in [3.8, 4) is 5.75 Å². The van der Waals surface area contributed by atoms with E-state index in [9.17, 15) is 9.59 Å². The fourth-order valence-corrected chi connectivity index (χ4v) is 3.71. The van der Waals surface area contributed by atoms with Crippen molar-refractivity contribution in [1.82, 2.24) is 10.2 Å². The zero-order chi connectivity index (χ0) is 18.3. The molecule has 1 N–H and O–H groups in total. The molecule has 2 aromatic rings. The average molecular weight is 354 g/mol. The molecule has 2 saturated heterocycles. The molecule has 0 aliphatic carbocycles. The van der Waals surface area contributed by atoms with Crippen LogP contribution in [0.2, 0.25) is 0 Å². The van der Waals surface area contributed by atoms with Gasteiger partial charge in [0.2, 0.25) is 0 Å². The molecule has 2 atom stereocenters. The van der Waals surface area contributed by atoms with Crippen LogP contribution in [0.15, 0.2) is 36.4 Å². The molecule has 0 bridgehead atoms. The summed E-state index contributed by atoms with van der Waals surface area (Å²) in [5.74, 6) is 0.551. The van der Waals surface area contributed by atoms with E-state index in [-0.39, 0.29) is 18.0 Å². The predicted octanol–water partition coefficient (Wildman–Crippen LogP) is 2.79. The van der Waals surface area contributed by atoms with E-state index in [4.69, 9.17) is 9.47 Å². The van der Waals surface area contributed by atoms with E-state index in [2.05, 4.69) is 5.32 Å². The molecule has 0 aromatic heterocycles. The molecule has 2 aliphatic rings. The van der Waals surface area contributed by atoms with E-state index < -0.39 is 5.54 Å². The molecule has 0 saturated carbocycles. The zero-order valence-electron chi connectivity index (χ0n) is 15.0. The van der Waals surface area contributed by atoms with Crippen LogP contribution < -0.4 is 10.1 Å². The number of amides is 3. The van der Waals surface area contributed by atoms with Gasteiger partial charge in [-0.1, -0.05) is 18.2 Å². The summed E-state index contributed by atoms with van der Waals surface area (Å²) < 4.78 is 10.8. The standard InChI is InChI=1S/C20H22N2O4/c1-20(15-7-5-14-11-16(25-2)8-6-13(14)10-15)18(23)22(19(24)21-20)12-17-4-3-9-26-17/h5-8,10-11,17H,3-4,9,12H2,1-2H3,(H,21,24)/t17-,20+/m0/s1. The largest absolute Gasteiger partial charge is 0.497 e. The van der Waals surface area contributed by atoms with Gasteiger partial charge >= 0.3 is 6.03 Å². The zero-order valence-corrected chi connectivity index (χ0v) is 15.0. The van der Waals surface area contributed by atoms with Crippen LogP contribution in [0.3, 0.4) is 0 Å². The van der Waals surface area contributed by atoms with Gasteiger partial charge in [-0.3, -0.25) is 9.69 Å². The van der Waals surface area contributed by atoms with E-state index in [1.54, 1.807) is 14.0 Å². The van der Waals surface area contributed by atoms with Crippen molar-refractivity contribution in [3.63, 3.8) is 0 Å². The number of nitrogens with zero attached hydrogens (tertiary/aromatic N) is 1. The number of hydrogen-bond acceptors (Lipinski definition) is 4. The van der Waals surface area contributed by atoms with Crippen molar-refractivity contribution in [3.05, 3.63) is 42.0 Å². The highest BCUT2D eigenvalue weighted by Crippen LogP contribution is 2.32. The lowest BCUT2D eigenvalue weighted by Gasteiger charge is -2.23. The minimum atomic E-state index is -1.07. The molecule has 2 aromatic carbocycles. The molecule has 0 unspecified atom stereocenters. The Labute approximate surface area is 152 Å². The van der Waals surface area contributed by atoms with E-state index in [0.717, 1.165) is 34.9 Å². The first-order valence-electron chi connectivity index (χ1n) is 8.85. The Morgan fingerprint density at radius 3 is 2.73 bits per heavy atom. The van der Waals surface area contributed by atoms with Crippen molar-refractivity contribution < 1.29 is 19.1 Å². The van der Waals surface area contributed by atoms with Crippen molar-refractivity contribution in [2.75, 3.05) is 20.3 Å². The maximum Gasteiger partial charge on any atom is 0.325 e. The summed E-state index contributed by atoms with van der Waals surface area (Å²) in [5, 5.41) is 4.87. The quantitative estimate of drug-likeness (QED) is 0.858. The third kappa shape index (κ3) is 2.70. The van der Waals surface area contributed by atoms with Crippen LogP contribution in [0.1, 0.15) is 25.3 Å². The second-order valence-corrected chi connectivity index (χ2v) is 7.03. The highest BCUT2D eigenvalue weighted by molar-refractivity contribution is 6.07. The van der Waals surface area contributed by atoms with Crippen molar-refractivity contribution in [2.24, 2.45) is 0 Å². The van der Waals surface area contributed by atoms with E-state index in [1.165, 1.54) is 4.90 Å². The van der Waals surface area contributed by atoms with Crippen LogP contribution in [-0.4, -0.2) is 43.2 Å². The molecule has 2 aliphatic heterocycles. The first-order chi connectivity index (χ1) is 12.5. The number of fused-ring (bicyclic) bond motifs is 1. The molecule has 0 spiro atoms. The minimum absolute atomic E-state index is 0.0591. The average Bonchev–Trinajstić information content (AvgIpc) is 3.24. The predicted molar refractivity (Wildman–Crippen MR) is 97.1 cm³/mol. The number of methoxy groups -OCH3 is 1. The number of rotatable bonds is 4. The second kappa shape index (κ2) is 6.29. The van der Waals surface area contributed by atoms with Crippen LogP contribution in [0, 0.1) is 0 Å². The molecular formula is C20H22N2O4. The van der Waals surface area contributed by atoms with E-state index in [0.29, 0.717) is 13.2 Å². The van der Waals surface area contributed by atoms with Gasteiger partial charge in [0, 0.05) is 6.61 Å². The summed E-state index contributed by atoms with van der Waals surface area (Å²) in [6, 6.07) is 11.2. The normalized spacial score (nSPS) is 25.8. The van der Waals surface area contributed by atoms with Gasteiger partial charge < -0.3 is 14.8 Å². The molecule has 136 valence electrons. The Morgan fingerprint density at radius 2 is 2.00 bits per heavy atom. The van der Waals surface area contributed by atoms with Gasteiger partial charge in [-0.2, -0.15) is 0 Å². The van der Waals surface area contributed by atoms with Crippen molar-refractivity contribution in [2.45, 2.75) is 31.4 Å². The van der Waals surface area contributed by atoms with Crippen molar-refractivity contribution in [1.29, 1.82) is 0 Å². The number of benzene rings is 2. The third-order valence-corrected chi connectivity index (χ3v) is 5.31. The SMILES string of the molecule is COc1ccc2cc([C@@]3(C)NC(=O)N(C[C@@H]4CCCO4)C3=O)ccc2c1. The first-order valence-corrected chi connectivity index (χ1v) is 8.85. The number of carbonyl (C=O) groups excluding carboxylic acids is 2. The Bertz CT molecular complexity index is 875. The molecule has 0 radical (unpaired) electrons. The molecule has 2 fully saturated rings. The lowest BCUT2D eigenvalue weighted by molar-refractivity contribution is -0.132. The molecular weight excluding hydrogens is 332 g/mol. The third-order valence-electron chi connectivity index (χ3n) is 5.31. The number of imide groups is 1. The van der Waals surface area contributed by atoms with E-state index >= 15 is 0 Å². The van der Waals surface area contributed by atoms with Gasteiger partial charge in [-0.05, 0) is 54.3 Å². The minimum Gasteiger partial charge on any atom is -0.497 e. The summed E-state index contributed by atoms with van der Waals surface area (Å²) in [6.45, 7) is 2.76. The highest BCUT2D eigenvalue weighted by Gasteiger charge is 2.49. The summed E-state index contributed by atoms with van der Waals surface area (Å²) in [7, 11) is 1.63. The Kier molecular flexibility index (Phi) is 4.07. The summed E-state index contributed by atoms with van der Waals surface area (Å²) in [6.07, 6.45) is 1.79. The molecule has 26 heavy (non-hydrogen) atoms. The van der Waals surface area contributed by atoms with Gasteiger partial charge in [0.1, 0.15) is 11.3 Å². The first kappa shape index (κ1) is 16.8. The molecule has 6 nitrogen and oxygen atoms in total. The smallest absolute Gasteiger partial charge is 0.325 e. The van der Waals surface area contributed by atoms with Gasteiger partial charge in [-0.25, -0.2) is 4.79 Å². The highest BCUT2D eigenvalue weighted by atomic mass is 16.5. The molecule has 2 heterocycles. The van der Waals surface area contributed by atoms with Crippen LogP contribution in [0.5, 0.6) is 5.75 Å². The van der Waals surface area contributed by atoms with E-state index in [1.807, 2.05) is 36.4 Å². The summed E-state index contributed by atoms with van der Waals surface area (Å²) in [4.78, 5) is 26.7. The lowest BCUT2D eigenvalue weighted by atomic mass is 9.90. The van der Waals surface area contributed by atoms with Gasteiger partial charge in [0.15, 0.2) is 0 Å². The molecule has 4 rings (SSSR count). The number of carbonyl (C=O) groups is 2. The van der Waals surface area contributed by atoms with Gasteiger partial charge in [0.05, 0.1) is 19.8 Å². The van der Waals surface area contributed by atoms with Crippen LogP contribution in [0.25, 0.3) is 10.8 Å². The number of ether oxygens (including phenoxy) is 2. The van der Waals surface area contributed by atoms with Gasteiger partial charge in [0.25, 0.3) is 5.91 Å². The maximum absolute atomic E-state index is 13.0. The summed E-state index contributed by atoms with van der Waals surface area (Å²) in [5.41, 5.74) is -0.299. The summed E-state index contributed by atoms with van der Waals surface area (Å²) >= 11 is 0. The Hall–Kier alpha value is -2.60. The Morgan fingerprint density at radius 1 is 1.23 bits per heavy atom. The maximum atomic E-state index is 13.0. The number of nitrogens with one attached hydrogen (secondary N) is 1. The van der Waals surface area contributed by atoms with Gasteiger partial charge in [-0.15, -0.1) is 0 Å².